The molecule has 0 spiro atoms. The first-order valence-corrected chi connectivity index (χ1v) is 11.2. The minimum absolute atomic E-state index is 0.290. The van der Waals surface area contributed by atoms with Crippen LogP contribution in [0.15, 0.2) is 76.5 Å². The molecule has 0 aliphatic rings. The van der Waals surface area contributed by atoms with Gasteiger partial charge in [0.1, 0.15) is 16.9 Å². The number of nitrogens with one attached hydrogen (secondary N) is 2. The number of anilines is 2. The molecule has 2 N–H and O–H groups in total. The number of amides is 2. The van der Waals surface area contributed by atoms with Gasteiger partial charge in [-0.3, -0.25) is 9.59 Å². The molecule has 0 saturated carbocycles. The Morgan fingerprint density at radius 3 is 2.48 bits per heavy atom. The Balaban J connectivity index is 1.44. The molecule has 164 valence electrons. The third kappa shape index (κ3) is 4.04. The second-order valence-corrected chi connectivity index (χ2v) is 8.58. The van der Waals surface area contributed by atoms with Crippen molar-refractivity contribution in [3.05, 3.63) is 87.6 Å². The molecule has 0 unspecified atom stereocenters. The molecule has 0 saturated heterocycles. The first kappa shape index (κ1) is 21.1. The maximum atomic E-state index is 13.0. The summed E-state index contributed by atoms with van der Waals surface area (Å²) >= 11 is 7.56. The van der Waals surface area contributed by atoms with Crippen LogP contribution in [0.4, 0.5) is 11.4 Å². The average molecular weight is 477 g/mol. The normalized spacial score (nSPS) is 11.0. The van der Waals surface area contributed by atoms with Crippen molar-refractivity contribution in [3.63, 3.8) is 0 Å². The Kier molecular flexibility index (Phi) is 5.50. The number of halogens is 1. The maximum Gasteiger partial charge on any atom is 0.265 e. The van der Waals surface area contributed by atoms with Crippen LogP contribution in [-0.2, 0) is 0 Å². The largest absolute Gasteiger partial charge is 0.495 e. The van der Waals surface area contributed by atoms with Crippen molar-refractivity contribution in [2.24, 2.45) is 0 Å². The van der Waals surface area contributed by atoms with E-state index in [0.717, 1.165) is 16.4 Å². The number of rotatable bonds is 5. The SMILES string of the molecule is COc1cc2c(cc1NC(=O)c1ccc(Cl)c(NC(=O)c3cccs3)c1)oc1ccccc12. The lowest BCUT2D eigenvalue weighted by Crippen LogP contribution is -2.15. The number of carbonyl (C=O) groups excluding carboxylic acids is 2. The molecule has 33 heavy (non-hydrogen) atoms. The number of ether oxygens (including phenoxy) is 1. The molecule has 2 aromatic heterocycles. The number of hydrogen-bond acceptors (Lipinski definition) is 5. The third-order valence-corrected chi connectivity index (χ3v) is 6.37. The number of carbonyl (C=O) groups is 2. The summed E-state index contributed by atoms with van der Waals surface area (Å²) in [6.07, 6.45) is 0. The lowest BCUT2D eigenvalue weighted by molar-refractivity contribution is 0.101. The van der Waals surface area contributed by atoms with Crippen molar-refractivity contribution in [3.8, 4) is 5.75 Å². The monoisotopic (exact) mass is 476 g/mol. The standard InChI is InChI=1S/C25H17ClN2O4S/c1-31-22-12-16-15-5-2-3-6-20(15)32-21(16)13-19(22)28-24(29)14-8-9-17(26)18(11-14)27-25(30)23-7-4-10-33-23/h2-13H,1H3,(H,27,30)(H,28,29). The van der Waals surface area contributed by atoms with E-state index in [1.165, 1.54) is 17.4 Å². The Hall–Kier alpha value is -3.81. The van der Waals surface area contributed by atoms with Gasteiger partial charge in [0.05, 0.1) is 28.4 Å². The zero-order chi connectivity index (χ0) is 22.9. The smallest absolute Gasteiger partial charge is 0.265 e. The summed E-state index contributed by atoms with van der Waals surface area (Å²) in [6.45, 7) is 0. The number of fused-ring (bicyclic) bond motifs is 3. The summed E-state index contributed by atoms with van der Waals surface area (Å²) in [5, 5.41) is 9.62. The number of hydrogen-bond donors (Lipinski definition) is 2. The van der Waals surface area contributed by atoms with Gasteiger partial charge < -0.3 is 19.8 Å². The number of furan rings is 1. The lowest BCUT2D eigenvalue weighted by Gasteiger charge is -2.12. The highest BCUT2D eigenvalue weighted by atomic mass is 35.5. The van der Waals surface area contributed by atoms with Crippen LogP contribution >= 0.6 is 22.9 Å². The Bertz CT molecular complexity index is 1510. The minimum atomic E-state index is -0.382. The molecular formula is C25H17ClN2O4S. The molecule has 0 atom stereocenters. The molecule has 8 heteroatoms. The van der Waals surface area contributed by atoms with E-state index in [9.17, 15) is 9.59 Å². The molecule has 3 aromatic carbocycles. The first-order chi connectivity index (χ1) is 16.0. The molecule has 5 rings (SSSR count). The summed E-state index contributed by atoms with van der Waals surface area (Å²) in [6, 6.07) is 19.5. The van der Waals surface area contributed by atoms with E-state index in [1.54, 1.807) is 37.4 Å². The van der Waals surface area contributed by atoms with Crippen LogP contribution in [0.5, 0.6) is 5.75 Å². The zero-order valence-electron chi connectivity index (χ0n) is 17.3. The summed E-state index contributed by atoms with van der Waals surface area (Å²) in [5.41, 5.74) is 2.53. The number of para-hydroxylation sites is 1. The molecule has 6 nitrogen and oxygen atoms in total. The molecule has 2 heterocycles. The maximum absolute atomic E-state index is 13.0. The van der Waals surface area contributed by atoms with Crippen LogP contribution in [-0.4, -0.2) is 18.9 Å². The second-order valence-electron chi connectivity index (χ2n) is 7.23. The number of thiophene rings is 1. The number of methoxy groups -OCH3 is 1. The highest BCUT2D eigenvalue weighted by Crippen LogP contribution is 2.36. The fraction of sp³-hybridized carbons (Fsp3) is 0.0400. The van der Waals surface area contributed by atoms with E-state index in [0.29, 0.717) is 38.2 Å². The van der Waals surface area contributed by atoms with Crippen molar-refractivity contribution in [2.45, 2.75) is 0 Å². The van der Waals surface area contributed by atoms with Gasteiger partial charge in [-0.05, 0) is 41.8 Å². The van der Waals surface area contributed by atoms with Gasteiger partial charge in [-0.15, -0.1) is 11.3 Å². The average Bonchev–Trinajstić information content (AvgIpc) is 3.48. The van der Waals surface area contributed by atoms with E-state index in [-0.39, 0.29) is 11.8 Å². The Morgan fingerprint density at radius 1 is 0.879 bits per heavy atom. The van der Waals surface area contributed by atoms with Crippen LogP contribution in [0.25, 0.3) is 21.9 Å². The van der Waals surface area contributed by atoms with Gasteiger partial charge in [0, 0.05) is 22.4 Å². The lowest BCUT2D eigenvalue weighted by atomic mass is 10.1. The molecule has 0 aliphatic carbocycles. The second kappa shape index (κ2) is 8.61. The van der Waals surface area contributed by atoms with Crippen molar-refractivity contribution in [2.75, 3.05) is 17.7 Å². The van der Waals surface area contributed by atoms with E-state index < -0.39 is 0 Å². The van der Waals surface area contributed by atoms with Crippen LogP contribution in [0.3, 0.4) is 0 Å². The fourth-order valence-corrected chi connectivity index (χ4v) is 4.35. The molecule has 0 radical (unpaired) electrons. The molecule has 0 fully saturated rings. The van der Waals surface area contributed by atoms with E-state index in [2.05, 4.69) is 10.6 Å². The van der Waals surface area contributed by atoms with Gasteiger partial charge in [-0.2, -0.15) is 0 Å². The van der Waals surface area contributed by atoms with Gasteiger partial charge >= 0.3 is 0 Å². The molecule has 2 amide bonds. The van der Waals surface area contributed by atoms with Gasteiger partial charge in [0.15, 0.2) is 0 Å². The molecular weight excluding hydrogens is 460 g/mol. The topological polar surface area (TPSA) is 80.6 Å². The van der Waals surface area contributed by atoms with Gasteiger partial charge in [-0.25, -0.2) is 0 Å². The van der Waals surface area contributed by atoms with Crippen LogP contribution in [0.1, 0.15) is 20.0 Å². The van der Waals surface area contributed by atoms with Gasteiger partial charge in [0.25, 0.3) is 11.8 Å². The number of benzene rings is 3. The summed E-state index contributed by atoms with van der Waals surface area (Å²) in [4.78, 5) is 26.0. The quantitative estimate of drug-likeness (QED) is 0.292. The zero-order valence-corrected chi connectivity index (χ0v) is 18.9. The van der Waals surface area contributed by atoms with Crippen LogP contribution < -0.4 is 15.4 Å². The van der Waals surface area contributed by atoms with Crippen molar-refractivity contribution in [1.29, 1.82) is 0 Å². The van der Waals surface area contributed by atoms with Crippen LogP contribution in [0.2, 0.25) is 5.02 Å². The van der Waals surface area contributed by atoms with Crippen molar-refractivity contribution < 1.29 is 18.7 Å². The van der Waals surface area contributed by atoms with Crippen LogP contribution in [0, 0.1) is 0 Å². The van der Waals surface area contributed by atoms with Crippen molar-refractivity contribution >= 4 is 68.1 Å². The highest BCUT2D eigenvalue weighted by Gasteiger charge is 2.17. The predicted molar refractivity (Wildman–Crippen MR) is 132 cm³/mol. The summed E-state index contributed by atoms with van der Waals surface area (Å²) < 4.78 is 11.4. The molecule has 0 bridgehead atoms. The Morgan fingerprint density at radius 2 is 1.70 bits per heavy atom. The predicted octanol–water partition coefficient (Wildman–Crippen LogP) is 6.81. The minimum Gasteiger partial charge on any atom is -0.495 e. The van der Waals surface area contributed by atoms with E-state index in [4.69, 9.17) is 20.8 Å². The third-order valence-electron chi connectivity index (χ3n) is 5.17. The molecule has 0 aliphatic heterocycles. The Labute approximate surface area is 197 Å². The fourth-order valence-electron chi connectivity index (χ4n) is 3.57. The van der Waals surface area contributed by atoms with Gasteiger partial charge in [0.2, 0.25) is 0 Å². The molecule has 5 aromatic rings. The summed E-state index contributed by atoms with van der Waals surface area (Å²) in [5.74, 6) is -0.170. The van der Waals surface area contributed by atoms with Crippen molar-refractivity contribution in [1.82, 2.24) is 0 Å². The summed E-state index contributed by atoms with van der Waals surface area (Å²) in [7, 11) is 1.54. The first-order valence-electron chi connectivity index (χ1n) is 9.98. The van der Waals surface area contributed by atoms with Gasteiger partial charge in [-0.1, -0.05) is 35.9 Å². The van der Waals surface area contributed by atoms with E-state index >= 15 is 0 Å². The van der Waals surface area contributed by atoms with E-state index in [1.807, 2.05) is 35.7 Å². The highest BCUT2D eigenvalue weighted by molar-refractivity contribution is 7.12.